The van der Waals surface area contributed by atoms with Gasteiger partial charge in [-0.15, -0.1) is 0 Å². The molecule has 2 atom stereocenters. The van der Waals surface area contributed by atoms with Gasteiger partial charge in [0.15, 0.2) is 0 Å². The van der Waals surface area contributed by atoms with Crippen molar-refractivity contribution in [3.8, 4) is 17.1 Å². The van der Waals surface area contributed by atoms with E-state index in [2.05, 4.69) is 15.3 Å². The average molecular weight is 609 g/mol. The summed E-state index contributed by atoms with van der Waals surface area (Å²) in [4.78, 5) is 43.5. The van der Waals surface area contributed by atoms with Gasteiger partial charge in [-0.2, -0.15) is 8.42 Å². The number of rotatable bonds is 10. The molecule has 0 saturated carbocycles. The molecule has 0 aliphatic carbocycles. The van der Waals surface area contributed by atoms with Crippen LogP contribution in [0.15, 0.2) is 40.0 Å². The van der Waals surface area contributed by atoms with E-state index in [1.807, 2.05) is 6.92 Å². The third-order valence-corrected chi connectivity index (χ3v) is 9.89. The maximum absolute atomic E-state index is 14.3. The van der Waals surface area contributed by atoms with Gasteiger partial charge < -0.3 is 19.8 Å². The molecule has 2 heterocycles. The van der Waals surface area contributed by atoms with Crippen LogP contribution in [-0.4, -0.2) is 78.6 Å². The van der Waals surface area contributed by atoms with Crippen molar-refractivity contribution in [2.24, 2.45) is 0 Å². The largest absolute Gasteiger partial charge is 0.493 e. The molecule has 4 rings (SSSR count). The summed E-state index contributed by atoms with van der Waals surface area (Å²) in [7, 11) is -4.20. The summed E-state index contributed by atoms with van der Waals surface area (Å²) in [6, 6.07) is 5.51. The standard InChI is InChI=1S/C26H30ClN5O8S/c1-4-11-40-23-8-7-16(41(37,38)32(5-2)10-9-28-15-22(32)26(34)39-6-3)12-18(23)24-29-20-14-19(27)21(31(35)36)13-17(20)25(33)30-24/h7-8,12-14,22,28H,4-6,9-11,15H2,1-3H3/p+1. The Labute approximate surface area is 241 Å². The number of likely N-dealkylation sites (N-methyl/N-ethyl adjacent to an activating group) is 1. The molecule has 0 spiro atoms. The van der Waals surface area contributed by atoms with Crippen LogP contribution >= 0.6 is 11.6 Å². The maximum atomic E-state index is 14.3. The molecule has 0 bridgehead atoms. The van der Waals surface area contributed by atoms with E-state index < -0.39 is 42.1 Å². The summed E-state index contributed by atoms with van der Waals surface area (Å²) in [5, 5.41) is 14.1. The van der Waals surface area contributed by atoms with E-state index in [4.69, 9.17) is 21.1 Å². The van der Waals surface area contributed by atoms with Gasteiger partial charge in [-0.3, -0.25) is 14.9 Å². The molecule has 13 nitrogen and oxygen atoms in total. The number of quaternary nitrogens is 1. The minimum atomic E-state index is -4.20. The second-order valence-electron chi connectivity index (χ2n) is 9.44. The smallest absolute Gasteiger partial charge is 0.367 e. The number of nitro benzene ring substituents is 1. The zero-order valence-electron chi connectivity index (χ0n) is 22.8. The SMILES string of the molecule is CCCOc1ccc(S(=O)(=O)[N+]2(CC)CCNCC2C(=O)OCC)cc1-c1nc2cc(Cl)c([N+](=O)[O-])cc2c(=O)[nH]1. The monoisotopic (exact) mass is 608 g/mol. The number of aromatic nitrogens is 2. The minimum absolute atomic E-state index is 0.0131. The highest BCUT2D eigenvalue weighted by atomic mass is 35.5. The minimum Gasteiger partial charge on any atom is -0.493 e. The second kappa shape index (κ2) is 12.1. The number of carbonyl (C=O) groups excluding carboxylic acids is 1. The fraction of sp³-hybridized carbons (Fsp3) is 0.423. The molecule has 41 heavy (non-hydrogen) atoms. The Kier molecular flexibility index (Phi) is 8.97. The summed E-state index contributed by atoms with van der Waals surface area (Å²) in [6.07, 6.45) is 0.657. The zero-order chi connectivity index (χ0) is 29.9. The van der Waals surface area contributed by atoms with Crippen LogP contribution in [0.25, 0.3) is 22.3 Å². The number of hydrogen-bond donors (Lipinski definition) is 2. The zero-order valence-corrected chi connectivity index (χ0v) is 24.4. The topological polar surface area (TPSA) is 171 Å². The molecule has 220 valence electrons. The Hall–Kier alpha value is -3.59. The summed E-state index contributed by atoms with van der Waals surface area (Å²) in [5.41, 5.74) is -0.860. The van der Waals surface area contributed by atoms with Crippen LogP contribution in [-0.2, 0) is 19.6 Å². The number of ether oxygens (including phenoxy) is 2. The van der Waals surface area contributed by atoms with Gasteiger partial charge >= 0.3 is 16.0 Å². The number of fused-ring (bicyclic) bond motifs is 1. The number of nitrogens with zero attached hydrogens (tertiary/aromatic N) is 3. The first-order valence-corrected chi connectivity index (χ1v) is 15.0. The van der Waals surface area contributed by atoms with Crippen molar-refractivity contribution in [3.05, 3.63) is 55.8 Å². The number of nitrogens with one attached hydrogen (secondary N) is 2. The number of aromatic amines is 1. The number of carbonyl (C=O) groups is 1. The van der Waals surface area contributed by atoms with Crippen LogP contribution in [0.3, 0.4) is 0 Å². The number of H-pyrrole nitrogens is 1. The molecular formula is C26H31ClN5O8S+. The highest BCUT2D eigenvalue weighted by Crippen LogP contribution is 2.36. The van der Waals surface area contributed by atoms with Gasteiger partial charge in [0, 0.05) is 12.6 Å². The molecular weight excluding hydrogens is 578 g/mol. The second-order valence-corrected chi connectivity index (χ2v) is 12.0. The molecule has 1 aliphatic rings. The van der Waals surface area contributed by atoms with E-state index in [1.54, 1.807) is 13.8 Å². The lowest BCUT2D eigenvalue weighted by Crippen LogP contribution is -2.69. The quantitative estimate of drug-likeness (QED) is 0.151. The van der Waals surface area contributed by atoms with Gasteiger partial charge in [-0.25, -0.2) is 13.7 Å². The van der Waals surface area contributed by atoms with Crippen LogP contribution in [0.5, 0.6) is 5.75 Å². The van der Waals surface area contributed by atoms with Crippen LogP contribution in [0, 0.1) is 10.1 Å². The number of benzene rings is 2. The molecule has 2 N–H and O–H groups in total. The van der Waals surface area contributed by atoms with Crippen LogP contribution < -0.4 is 15.6 Å². The van der Waals surface area contributed by atoms with Crippen LogP contribution in [0.1, 0.15) is 27.2 Å². The summed E-state index contributed by atoms with van der Waals surface area (Å²) >= 11 is 6.07. The predicted molar refractivity (Wildman–Crippen MR) is 151 cm³/mol. The summed E-state index contributed by atoms with van der Waals surface area (Å²) in [5.74, 6) is -0.354. The normalized spacial score (nSPS) is 19.2. The molecule has 3 aromatic rings. The molecule has 1 aromatic heterocycles. The Morgan fingerprint density at radius 3 is 2.66 bits per heavy atom. The first-order chi connectivity index (χ1) is 19.5. The van der Waals surface area contributed by atoms with Gasteiger partial charge in [-0.05, 0) is 44.5 Å². The molecule has 1 saturated heterocycles. The Bertz CT molecular complexity index is 1660. The average Bonchev–Trinajstić information content (AvgIpc) is 2.95. The Morgan fingerprint density at radius 1 is 1.24 bits per heavy atom. The van der Waals surface area contributed by atoms with Crippen molar-refractivity contribution in [1.82, 2.24) is 15.3 Å². The van der Waals surface area contributed by atoms with Crippen molar-refractivity contribution in [2.45, 2.75) is 38.1 Å². The van der Waals surface area contributed by atoms with Gasteiger partial charge in [0.2, 0.25) is 6.04 Å². The number of halogens is 1. The van der Waals surface area contributed by atoms with Gasteiger partial charge in [0.1, 0.15) is 28.0 Å². The molecule has 1 fully saturated rings. The van der Waals surface area contributed by atoms with E-state index in [-0.39, 0.29) is 64.2 Å². The number of hydrogen-bond acceptors (Lipinski definition) is 10. The number of esters is 1. The van der Waals surface area contributed by atoms with Crippen molar-refractivity contribution in [3.63, 3.8) is 0 Å². The predicted octanol–water partition coefficient (Wildman–Crippen LogP) is 3.00. The van der Waals surface area contributed by atoms with Gasteiger partial charge in [-0.1, -0.05) is 18.5 Å². The van der Waals surface area contributed by atoms with E-state index >= 15 is 0 Å². The van der Waals surface area contributed by atoms with Crippen molar-refractivity contribution in [2.75, 3.05) is 39.4 Å². The van der Waals surface area contributed by atoms with Gasteiger partial charge in [0.05, 0.1) is 47.7 Å². The molecule has 15 heteroatoms. The van der Waals surface area contributed by atoms with Gasteiger partial charge in [0.25, 0.3) is 11.2 Å². The maximum Gasteiger partial charge on any atom is 0.367 e. The molecule has 0 amide bonds. The van der Waals surface area contributed by atoms with Crippen molar-refractivity contribution >= 4 is 44.2 Å². The molecule has 0 radical (unpaired) electrons. The third kappa shape index (κ3) is 5.52. The lowest BCUT2D eigenvalue weighted by molar-refractivity contribution is -0.825. The highest BCUT2D eigenvalue weighted by Gasteiger charge is 2.53. The van der Waals surface area contributed by atoms with Crippen molar-refractivity contribution in [1.29, 1.82) is 0 Å². The first kappa shape index (κ1) is 30.4. The lowest BCUT2D eigenvalue weighted by atomic mass is 10.1. The number of sulfonamides is 1. The molecule has 2 unspecified atom stereocenters. The number of nitro groups is 1. The third-order valence-electron chi connectivity index (χ3n) is 7.08. The number of piperazine rings is 1. The van der Waals surface area contributed by atoms with E-state index in [9.17, 15) is 28.1 Å². The Morgan fingerprint density at radius 2 is 2.00 bits per heavy atom. The fourth-order valence-corrected chi connectivity index (χ4v) is 7.32. The van der Waals surface area contributed by atoms with E-state index in [1.165, 1.54) is 24.3 Å². The van der Waals surface area contributed by atoms with E-state index in [0.29, 0.717) is 19.6 Å². The molecule has 2 aromatic carbocycles. The summed E-state index contributed by atoms with van der Waals surface area (Å²) < 4.78 is 39.2. The van der Waals surface area contributed by atoms with Crippen molar-refractivity contribution < 1.29 is 31.5 Å². The van der Waals surface area contributed by atoms with Crippen LogP contribution in [0.2, 0.25) is 5.02 Å². The van der Waals surface area contributed by atoms with Crippen LogP contribution in [0.4, 0.5) is 5.69 Å². The highest BCUT2D eigenvalue weighted by molar-refractivity contribution is 7.86. The van der Waals surface area contributed by atoms with E-state index in [0.717, 1.165) is 6.07 Å². The fourth-order valence-electron chi connectivity index (χ4n) is 5.00. The molecule has 1 aliphatic heterocycles. The lowest BCUT2D eigenvalue weighted by Gasteiger charge is -2.43. The summed E-state index contributed by atoms with van der Waals surface area (Å²) in [6.45, 7) is 6.43. The Balaban J connectivity index is 1.91. The first-order valence-electron chi connectivity index (χ1n) is 13.1.